The lowest BCUT2D eigenvalue weighted by molar-refractivity contribution is 0.276. The van der Waals surface area contributed by atoms with Crippen molar-refractivity contribution >= 4 is 8.32 Å². The van der Waals surface area contributed by atoms with Gasteiger partial charge in [0.05, 0.1) is 13.2 Å². The zero-order valence-corrected chi connectivity index (χ0v) is 13.5. The molecular weight excluding hydrogens is 254 g/mol. The monoisotopic (exact) mass is 277 g/mol. The number of hydrogen-bond acceptors (Lipinski definition) is 2. The van der Waals surface area contributed by atoms with Gasteiger partial charge in [-0.3, -0.25) is 0 Å². The second-order valence-corrected chi connectivity index (χ2v) is 11.1. The van der Waals surface area contributed by atoms with Gasteiger partial charge < -0.3 is 4.43 Å². The SMILES string of the molecule is CC(C)(C)[Si](C)(C)OCc1ccc(CN=[N+]=[N-])cc1. The quantitative estimate of drug-likeness (QED) is 0.322. The van der Waals surface area contributed by atoms with Crippen molar-refractivity contribution in [2.24, 2.45) is 5.11 Å². The molecule has 0 amide bonds. The highest BCUT2D eigenvalue weighted by atomic mass is 28.4. The van der Waals surface area contributed by atoms with Crippen LogP contribution >= 0.6 is 0 Å². The van der Waals surface area contributed by atoms with E-state index in [9.17, 15) is 0 Å². The van der Waals surface area contributed by atoms with Crippen LogP contribution in [0.5, 0.6) is 0 Å². The third-order valence-electron chi connectivity index (χ3n) is 3.75. The summed E-state index contributed by atoms with van der Waals surface area (Å²) < 4.78 is 6.16. The van der Waals surface area contributed by atoms with Crippen LogP contribution in [0.3, 0.4) is 0 Å². The minimum atomic E-state index is -1.69. The van der Waals surface area contributed by atoms with E-state index in [0.29, 0.717) is 13.2 Å². The van der Waals surface area contributed by atoms with Crippen LogP contribution in [0.4, 0.5) is 0 Å². The number of benzene rings is 1. The van der Waals surface area contributed by atoms with E-state index >= 15 is 0 Å². The summed E-state index contributed by atoms with van der Waals surface area (Å²) in [5, 5.41) is 3.78. The number of azide groups is 1. The summed E-state index contributed by atoms with van der Waals surface area (Å²) in [5.74, 6) is 0. The highest BCUT2D eigenvalue weighted by Crippen LogP contribution is 2.37. The van der Waals surface area contributed by atoms with E-state index in [1.165, 1.54) is 0 Å². The van der Waals surface area contributed by atoms with E-state index in [4.69, 9.17) is 9.96 Å². The average molecular weight is 277 g/mol. The molecule has 0 aromatic heterocycles. The molecule has 0 atom stereocenters. The van der Waals surface area contributed by atoms with Crippen molar-refractivity contribution in [1.29, 1.82) is 0 Å². The van der Waals surface area contributed by atoms with Crippen LogP contribution < -0.4 is 0 Å². The van der Waals surface area contributed by atoms with Gasteiger partial charge in [0.2, 0.25) is 0 Å². The average Bonchev–Trinajstić information content (AvgIpc) is 2.34. The van der Waals surface area contributed by atoms with Crippen LogP contribution in [0.2, 0.25) is 18.1 Å². The van der Waals surface area contributed by atoms with Crippen molar-refractivity contribution in [2.75, 3.05) is 0 Å². The zero-order valence-electron chi connectivity index (χ0n) is 12.5. The van der Waals surface area contributed by atoms with Gasteiger partial charge >= 0.3 is 0 Å². The lowest BCUT2D eigenvalue weighted by Crippen LogP contribution is -2.40. The van der Waals surface area contributed by atoms with Gasteiger partial charge in [-0.15, -0.1) is 0 Å². The topological polar surface area (TPSA) is 58.0 Å². The molecular formula is C14H23N3OSi. The maximum Gasteiger partial charge on any atom is 0.192 e. The molecule has 0 aliphatic rings. The number of rotatable bonds is 5. The smallest absolute Gasteiger partial charge is 0.192 e. The molecule has 0 fully saturated rings. The molecule has 4 nitrogen and oxygen atoms in total. The van der Waals surface area contributed by atoms with Gasteiger partial charge in [0.1, 0.15) is 0 Å². The molecule has 0 N–H and O–H groups in total. The number of nitrogens with zero attached hydrogens (tertiary/aromatic N) is 3. The van der Waals surface area contributed by atoms with E-state index in [-0.39, 0.29) is 5.04 Å². The van der Waals surface area contributed by atoms with Crippen molar-refractivity contribution in [3.8, 4) is 0 Å². The van der Waals surface area contributed by atoms with Crippen molar-refractivity contribution in [1.82, 2.24) is 0 Å². The van der Waals surface area contributed by atoms with Crippen LogP contribution in [0.15, 0.2) is 29.4 Å². The Balaban J connectivity index is 2.62. The Bertz CT molecular complexity index is 457. The summed E-state index contributed by atoms with van der Waals surface area (Å²) in [6.07, 6.45) is 0. The third kappa shape index (κ3) is 4.71. The summed E-state index contributed by atoms with van der Waals surface area (Å²) in [7, 11) is -1.69. The maximum atomic E-state index is 8.28. The first-order valence-electron chi connectivity index (χ1n) is 6.49. The van der Waals surface area contributed by atoms with Crippen molar-refractivity contribution < 1.29 is 4.43 Å². The molecule has 0 bridgehead atoms. The fourth-order valence-electron chi connectivity index (χ4n) is 1.33. The summed E-state index contributed by atoms with van der Waals surface area (Å²) >= 11 is 0. The Labute approximate surface area is 116 Å². The molecule has 0 unspecified atom stereocenters. The normalized spacial score (nSPS) is 12.1. The molecule has 0 saturated carbocycles. The van der Waals surface area contributed by atoms with Crippen LogP contribution in [-0.4, -0.2) is 8.32 Å². The first-order chi connectivity index (χ1) is 8.76. The second-order valence-electron chi connectivity index (χ2n) is 6.25. The third-order valence-corrected chi connectivity index (χ3v) is 8.22. The van der Waals surface area contributed by atoms with E-state index < -0.39 is 8.32 Å². The summed E-state index contributed by atoms with van der Waals surface area (Å²) in [6.45, 7) is 12.3. The second kappa shape index (κ2) is 6.24. The van der Waals surface area contributed by atoms with Gasteiger partial charge in [-0.1, -0.05) is 50.2 Å². The predicted molar refractivity (Wildman–Crippen MR) is 81.3 cm³/mol. The molecule has 0 aliphatic heterocycles. The summed E-state index contributed by atoms with van der Waals surface area (Å²) in [4.78, 5) is 2.75. The van der Waals surface area contributed by atoms with Gasteiger partial charge in [0.25, 0.3) is 0 Å². The molecule has 0 radical (unpaired) electrons. The highest BCUT2D eigenvalue weighted by Gasteiger charge is 2.36. The Morgan fingerprint density at radius 3 is 2.16 bits per heavy atom. The predicted octanol–water partition coefficient (Wildman–Crippen LogP) is 5.02. The van der Waals surface area contributed by atoms with Crippen LogP contribution in [-0.2, 0) is 17.6 Å². The minimum absolute atomic E-state index is 0.231. The van der Waals surface area contributed by atoms with E-state index in [1.54, 1.807) is 0 Å². The first-order valence-corrected chi connectivity index (χ1v) is 9.40. The van der Waals surface area contributed by atoms with Gasteiger partial charge in [-0.25, -0.2) is 0 Å². The molecule has 0 aliphatic carbocycles. The standard InChI is InChI=1S/C14H23N3OSi/c1-14(2,3)19(4,5)18-11-13-8-6-12(7-9-13)10-16-17-15/h6-9H,10-11H2,1-5H3. The maximum absolute atomic E-state index is 8.28. The van der Waals surface area contributed by atoms with Crippen LogP contribution in [0.1, 0.15) is 31.9 Å². The van der Waals surface area contributed by atoms with E-state index in [0.717, 1.165) is 11.1 Å². The Morgan fingerprint density at radius 1 is 1.16 bits per heavy atom. The van der Waals surface area contributed by atoms with Crippen LogP contribution in [0.25, 0.3) is 10.4 Å². The van der Waals surface area contributed by atoms with Gasteiger partial charge in [-0.05, 0) is 34.8 Å². The largest absolute Gasteiger partial charge is 0.413 e. The van der Waals surface area contributed by atoms with Gasteiger partial charge in [0.15, 0.2) is 8.32 Å². The summed E-state index contributed by atoms with van der Waals surface area (Å²) in [5.41, 5.74) is 10.5. The molecule has 5 heteroatoms. The molecule has 1 aromatic carbocycles. The lowest BCUT2D eigenvalue weighted by Gasteiger charge is -2.36. The Morgan fingerprint density at radius 2 is 1.68 bits per heavy atom. The molecule has 0 spiro atoms. The lowest BCUT2D eigenvalue weighted by atomic mass is 10.1. The Hall–Kier alpha value is -1.29. The van der Waals surface area contributed by atoms with Crippen molar-refractivity contribution in [3.63, 3.8) is 0 Å². The Kier molecular flexibility index (Phi) is 5.17. The fraction of sp³-hybridized carbons (Fsp3) is 0.571. The van der Waals surface area contributed by atoms with Gasteiger partial charge in [-0.2, -0.15) is 0 Å². The molecule has 0 heterocycles. The molecule has 0 saturated heterocycles. The number of hydrogen-bond donors (Lipinski definition) is 0. The molecule has 1 aromatic rings. The molecule has 1 rings (SSSR count). The van der Waals surface area contributed by atoms with Crippen molar-refractivity contribution in [3.05, 3.63) is 45.8 Å². The molecule has 19 heavy (non-hydrogen) atoms. The minimum Gasteiger partial charge on any atom is -0.413 e. The van der Waals surface area contributed by atoms with Crippen LogP contribution in [0, 0.1) is 0 Å². The zero-order chi connectivity index (χ0) is 14.5. The summed E-state index contributed by atoms with van der Waals surface area (Å²) in [6, 6.07) is 8.04. The molecule has 104 valence electrons. The highest BCUT2D eigenvalue weighted by molar-refractivity contribution is 6.74. The van der Waals surface area contributed by atoms with E-state index in [2.05, 4.69) is 43.9 Å². The van der Waals surface area contributed by atoms with E-state index in [1.807, 2.05) is 24.3 Å². The van der Waals surface area contributed by atoms with Gasteiger partial charge in [0, 0.05) is 4.91 Å². The fourth-order valence-corrected chi connectivity index (χ4v) is 2.29. The van der Waals surface area contributed by atoms with Crippen molar-refractivity contribution in [2.45, 2.75) is 52.1 Å². The first kappa shape index (κ1) is 15.8.